The summed E-state index contributed by atoms with van der Waals surface area (Å²) in [5, 5.41) is 0. The minimum Gasteiger partial charge on any atom is -0.340 e. The first kappa shape index (κ1) is 24.4. The van der Waals surface area contributed by atoms with Crippen LogP contribution in [0.3, 0.4) is 0 Å². The lowest BCUT2D eigenvalue weighted by molar-refractivity contribution is -0.132. The van der Waals surface area contributed by atoms with Crippen molar-refractivity contribution in [2.75, 3.05) is 19.6 Å². The number of rotatable bonds is 5. The van der Waals surface area contributed by atoms with E-state index in [1.807, 2.05) is 41.3 Å². The van der Waals surface area contributed by atoms with E-state index in [0.29, 0.717) is 12.5 Å². The molecule has 1 aliphatic heterocycles. The summed E-state index contributed by atoms with van der Waals surface area (Å²) in [6.07, 6.45) is 1.58. The first-order chi connectivity index (χ1) is 12.6. The number of amides is 1. The molecular weight excluding hydrogens is 393 g/mol. The summed E-state index contributed by atoms with van der Waals surface area (Å²) in [4.78, 5) is 17.2. The van der Waals surface area contributed by atoms with Gasteiger partial charge in [-0.15, -0.1) is 24.8 Å². The van der Waals surface area contributed by atoms with E-state index in [4.69, 9.17) is 5.73 Å². The third-order valence-electron chi connectivity index (χ3n) is 5.25. The molecule has 4 nitrogen and oxygen atoms in total. The molecule has 0 bridgehead atoms. The highest BCUT2D eigenvalue weighted by atomic mass is 35.5. The summed E-state index contributed by atoms with van der Waals surface area (Å²) in [6, 6.07) is 20.5. The number of nitrogens with zero attached hydrogens (tertiary/aromatic N) is 2. The lowest BCUT2D eigenvalue weighted by atomic mass is 10.1. The SMILES string of the molecule is CC1CCN(C(=O)C(N)Cc2ccccc2)CCN1Cc1ccccc1.Cl.Cl. The Bertz CT molecular complexity index is 699. The molecule has 2 aromatic rings. The van der Waals surface area contributed by atoms with Crippen LogP contribution in [0.4, 0.5) is 0 Å². The van der Waals surface area contributed by atoms with Crippen molar-refractivity contribution in [1.29, 1.82) is 0 Å². The number of hydrogen-bond donors (Lipinski definition) is 1. The lowest BCUT2D eigenvalue weighted by Crippen LogP contribution is -2.46. The molecule has 2 aromatic carbocycles. The second-order valence-electron chi connectivity index (χ2n) is 7.22. The van der Waals surface area contributed by atoms with Gasteiger partial charge in [-0.2, -0.15) is 0 Å². The summed E-state index contributed by atoms with van der Waals surface area (Å²) in [7, 11) is 0. The monoisotopic (exact) mass is 423 g/mol. The van der Waals surface area contributed by atoms with Crippen molar-refractivity contribution in [3.05, 3.63) is 71.8 Å². The van der Waals surface area contributed by atoms with E-state index in [1.54, 1.807) is 0 Å². The zero-order chi connectivity index (χ0) is 18.4. The van der Waals surface area contributed by atoms with E-state index in [0.717, 1.165) is 38.2 Å². The summed E-state index contributed by atoms with van der Waals surface area (Å²) in [5.74, 6) is 0.0719. The zero-order valence-electron chi connectivity index (χ0n) is 16.4. The van der Waals surface area contributed by atoms with Crippen molar-refractivity contribution in [1.82, 2.24) is 9.80 Å². The van der Waals surface area contributed by atoms with Gasteiger partial charge in [-0.3, -0.25) is 9.69 Å². The molecule has 0 saturated carbocycles. The molecule has 2 atom stereocenters. The molecule has 3 rings (SSSR count). The summed E-state index contributed by atoms with van der Waals surface area (Å²) in [5.41, 5.74) is 8.65. The number of halogens is 2. The smallest absolute Gasteiger partial charge is 0.239 e. The number of carbonyl (C=O) groups excluding carboxylic acids is 1. The van der Waals surface area contributed by atoms with Gasteiger partial charge in [0.15, 0.2) is 0 Å². The van der Waals surface area contributed by atoms with Crippen molar-refractivity contribution in [3.63, 3.8) is 0 Å². The Morgan fingerprint density at radius 3 is 2.14 bits per heavy atom. The van der Waals surface area contributed by atoms with Gasteiger partial charge < -0.3 is 10.6 Å². The van der Waals surface area contributed by atoms with Crippen LogP contribution in [0.25, 0.3) is 0 Å². The highest BCUT2D eigenvalue weighted by Crippen LogP contribution is 2.16. The number of carbonyl (C=O) groups is 1. The molecule has 0 spiro atoms. The standard InChI is InChI=1S/C22H29N3O.2ClH/c1-18-12-13-24(14-15-25(18)17-20-10-6-3-7-11-20)22(26)21(23)16-19-8-4-2-5-9-19;;/h2-11,18,21H,12-17,23H2,1H3;2*1H. The summed E-state index contributed by atoms with van der Waals surface area (Å²) < 4.78 is 0. The quantitative estimate of drug-likeness (QED) is 0.799. The fourth-order valence-corrected chi connectivity index (χ4v) is 3.57. The maximum Gasteiger partial charge on any atom is 0.239 e. The fourth-order valence-electron chi connectivity index (χ4n) is 3.57. The van der Waals surface area contributed by atoms with Crippen molar-refractivity contribution in [2.45, 2.75) is 38.4 Å². The third kappa shape index (κ3) is 6.78. The first-order valence-corrected chi connectivity index (χ1v) is 9.50. The lowest BCUT2D eigenvalue weighted by Gasteiger charge is -2.26. The van der Waals surface area contributed by atoms with Gasteiger partial charge in [-0.05, 0) is 30.9 Å². The minimum atomic E-state index is -0.464. The molecule has 1 aliphatic rings. The first-order valence-electron chi connectivity index (χ1n) is 9.50. The van der Waals surface area contributed by atoms with Gasteiger partial charge in [0.05, 0.1) is 6.04 Å². The molecule has 28 heavy (non-hydrogen) atoms. The van der Waals surface area contributed by atoms with E-state index in [9.17, 15) is 4.79 Å². The van der Waals surface area contributed by atoms with Gasteiger partial charge >= 0.3 is 0 Å². The second-order valence-corrected chi connectivity index (χ2v) is 7.22. The number of hydrogen-bond acceptors (Lipinski definition) is 3. The van der Waals surface area contributed by atoms with Crippen LogP contribution in [0.15, 0.2) is 60.7 Å². The molecule has 154 valence electrons. The highest BCUT2D eigenvalue weighted by Gasteiger charge is 2.26. The molecule has 2 N–H and O–H groups in total. The van der Waals surface area contributed by atoms with Crippen molar-refractivity contribution >= 4 is 30.7 Å². The minimum absolute atomic E-state index is 0. The van der Waals surface area contributed by atoms with Crippen LogP contribution in [-0.4, -0.2) is 47.4 Å². The summed E-state index contributed by atoms with van der Waals surface area (Å²) in [6.45, 7) is 5.60. The fraction of sp³-hybridized carbons (Fsp3) is 0.409. The van der Waals surface area contributed by atoms with E-state index >= 15 is 0 Å². The Morgan fingerprint density at radius 1 is 0.964 bits per heavy atom. The third-order valence-corrected chi connectivity index (χ3v) is 5.25. The van der Waals surface area contributed by atoms with Gasteiger partial charge in [0.1, 0.15) is 0 Å². The van der Waals surface area contributed by atoms with Crippen LogP contribution in [0.5, 0.6) is 0 Å². The Hall–Kier alpha value is -1.59. The van der Waals surface area contributed by atoms with Crippen molar-refractivity contribution in [2.24, 2.45) is 5.73 Å². The van der Waals surface area contributed by atoms with Gasteiger partial charge in [0, 0.05) is 32.2 Å². The summed E-state index contributed by atoms with van der Waals surface area (Å²) >= 11 is 0. The number of nitrogens with two attached hydrogens (primary N) is 1. The Labute approximate surface area is 180 Å². The molecule has 1 amide bonds. The molecular formula is C22H31Cl2N3O. The topological polar surface area (TPSA) is 49.6 Å². The Morgan fingerprint density at radius 2 is 1.54 bits per heavy atom. The van der Waals surface area contributed by atoms with E-state index < -0.39 is 6.04 Å². The largest absolute Gasteiger partial charge is 0.340 e. The average molecular weight is 424 g/mol. The van der Waals surface area contributed by atoms with Crippen molar-refractivity contribution in [3.8, 4) is 0 Å². The van der Waals surface area contributed by atoms with Gasteiger partial charge in [-0.25, -0.2) is 0 Å². The predicted molar refractivity (Wildman–Crippen MR) is 120 cm³/mol. The Kier molecular flexibility index (Phi) is 10.5. The van der Waals surface area contributed by atoms with Gasteiger partial charge in [0.25, 0.3) is 0 Å². The highest BCUT2D eigenvalue weighted by molar-refractivity contribution is 5.85. The zero-order valence-corrected chi connectivity index (χ0v) is 18.0. The Balaban J connectivity index is 0.00000196. The molecule has 0 aromatic heterocycles. The molecule has 0 aliphatic carbocycles. The molecule has 0 radical (unpaired) electrons. The second kappa shape index (κ2) is 12.1. The van der Waals surface area contributed by atoms with Crippen LogP contribution in [0.2, 0.25) is 0 Å². The van der Waals surface area contributed by atoms with Crippen LogP contribution < -0.4 is 5.73 Å². The predicted octanol–water partition coefficient (Wildman–Crippen LogP) is 3.52. The normalized spacial score (nSPS) is 18.4. The van der Waals surface area contributed by atoms with Gasteiger partial charge in [0.2, 0.25) is 5.91 Å². The number of benzene rings is 2. The van der Waals surface area contributed by atoms with Crippen LogP contribution in [0, 0.1) is 0 Å². The maximum atomic E-state index is 12.8. The van der Waals surface area contributed by atoms with E-state index in [-0.39, 0.29) is 30.7 Å². The average Bonchev–Trinajstić information content (AvgIpc) is 2.85. The molecule has 1 heterocycles. The van der Waals surface area contributed by atoms with Crippen LogP contribution in [0.1, 0.15) is 24.5 Å². The van der Waals surface area contributed by atoms with Gasteiger partial charge in [-0.1, -0.05) is 60.7 Å². The molecule has 2 unspecified atom stereocenters. The van der Waals surface area contributed by atoms with Crippen LogP contribution >= 0.6 is 24.8 Å². The van der Waals surface area contributed by atoms with Crippen molar-refractivity contribution < 1.29 is 4.79 Å². The van der Waals surface area contributed by atoms with E-state index in [2.05, 4.69) is 36.1 Å². The maximum absolute atomic E-state index is 12.8. The molecule has 1 saturated heterocycles. The molecule has 6 heteroatoms. The molecule has 1 fully saturated rings. The van der Waals surface area contributed by atoms with E-state index in [1.165, 1.54) is 5.56 Å². The van der Waals surface area contributed by atoms with Crippen LogP contribution in [-0.2, 0) is 17.8 Å².